The number of carbonyl (C=O) groups excluding carboxylic acids is 2. The minimum Gasteiger partial charge on any atom is -0.469 e. The van der Waals surface area contributed by atoms with Crippen molar-refractivity contribution in [2.24, 2.45) is 0 Å². The number of nitrogens with one attached hydrogen (secondary N) is 1. The highest BCUT2D eigenvalue weighted by atomic mass is 32.2. The molecule has 0 bridgehead atoms. The van der Waals surface area contributed by atoms with E-state index < -0.39 is 0 Å². The summed E-state index contributed by atoms with van der Waals surface area (Å²) in [6.45, 7) is 3.66. The maximum Gasteiger partial charge on any atom is 0.307 e. The summed E-state index contributed by atoms with van der Waals surface area (Å²) >= 11 is 1.36. The van der Waals surface area contributed by atoms with Gasteiger partial charge in [-0.05, 0) is 24.6 Å². The van der Waals surface area contributed by atoms with Crippen molar-refractivity contribution in [2.75, 3.05) is 20.2 Å². The summed E-state index contributed by atoms with van der Waals surface area (Å²) < 4.78 is 6.31. The molecule has 0 aromatic carbocycles. The van der Waals surface area contributed by atoms with Gasteiger partial charge in [-0.15, -0.1) is 5.10 Å². The Morgan fingerprint density at radius 1 is 1.59 bits per heavy atom. The molecule has 0 amide bonds. The molecule has 2 heterocycles. The number of esters is 1. The maximum absolute atomic E-state index is 11.4. The van der Waals surface area contributed by atoms with Gasteiger partial charge >= 0.3 is 5.97 Å². The zero-order valence-corrected chi connectivity index (χ0v) is 13.6. The summed E-state index contributed by atoms with van der Waals surface area (Å²) in [7, 11) is 1.36. The lowest BCUT2D eigenvalue weighted by molar-refractivity contribution is -0.140. The molecule has 22 heavy (non-hydrogen) atoms. The zero-order valence-electron chi connectivity index (χ0n) is 12.7. The Kier molecular flexibility index (Phi) is 6.14. The predicted octanol–water partition coefficient (Wildman–Crippen LogP) is 0.866. The molecule has 1 aliphatic heterocycles. The number of thioether (sulfide) groups is 1. The van der Waals surface area contributed by atoms with Crippen LogP contribution in [0.15, 0.2) is 11.8 Å². The molecule has 1 fully saturated rings. The lowest BCUT2D eigenvalue weighted by Gasteiger charge is -2.24. The fourth-order valence-electron chi connectivity index (χ4n) is 2.28. The molecule has 0 radical (unpaired) electrons. The molecule has 1 atom stereocenters. The highest BCUT2D eigenvalue weighted by Gasteiger charge is 2.21. The summed E-state index contributed by atoms with van der Waals surface area (Å²) in [5, 5.41) is 11.5. The van der Waals surface area contributed by atoms with Crippen LogP contribution in [0.2, 0.25) is 0 Å². The standard InChI is InChI=1S/C14H20N4O3S/c1-10(19)22-13-3-5-15-8-11(13)7-12-9-16-17-18(12)6-4-14(20)21-2/h7,9,13,15H,3-6,8H2,1-2H3. The van der Waals surface area contributed by atoms with E-state index in [1.807, 2.05) is 6.08 Å². The maximum atomic E-state index is 11.4. The lowest BCUT2D eigenvalue weighted by atomic mass is 10.0. The van der Waals surface area contributed by atoms with Crippen molar-refractivity contribution in [1.82, 2.24) is 20.3 Å². The average molecular weight is 324 g/mol. The van der Waals surface area contributed by atoms with Crippen molar-refractivity contribution in [1.29, 1.82) is 0 Å². The van der Waals surface area contributed by atoms with Crippen LogP contribution in [-0.2, 0) is 20.9 Å². The van der Waals surface area contributed by atoms with Crippen molar-refractivity contribution in [3.05, 3.63) is 17.5 Å². The smallest absolute Gasteiger partial charge is 0.307 e. The Labute approximate surface area is 133 Å². The van der Waals surface area contributed by atoms with Gasteiger partial charge < -0.3 is 10.1 Å². The van der Waals surface area contributed by atoms with Crippen molar-refractivity contribution in [3.63, 3.8) is 0 Å². The number of hydrogen-bond acceptors (Lipinski definition) is 7. The minimum atomic E-state index is -0.279. The van der Waals surface area contributed by atoms with Crippen LogP contribution in [0.4, 0.5) is 0 Å². The number of nitrogens with zero attached hydrogens (tertiary/aromatic N) is 3. The second-order valence-corrected chi connectivity index (χ2v) is 6.37. The van der Waals surface area contributed by atoms with E-state index in [4.69, 9.17) is 0 Å². The molecule has 1 aromatic heterocycles. The van der Waals surface area contributed by atoms with E-state index in [1.54, 1.807) is 17.8 Å². The van der Waals surface area contributed by atoms with Crippen molar-refractivity contribution < 1.29 is 14.3 Å². The number of rotatable bonds is 5. The molecular weight excluding hydrogens is 304 g/mol. The number of aromatic nitrogens is 3. The summed E-state index contributed by atoms with van der Waals surface area (Å²) in [4.78, 5) is 22.6. The molecule has 2 rings (SSSR count). The summed E-state index contributed by atoms with van der Waals surface area (Å²) in [6.07, 6.45) is 4.83. The minimum absolute atomic E-state index is 0.120. The highest BCUT2D eigenvalue weighted by Crippen LogP contribution is 2.26. The van der Waals surface area contributed by atoms with Crippen LogP contribution in [0.5, 0.6) is 0 Å². The molecule has 0 spiro atoms. The summed E-state index contributed by atoms with van der Waals surface area (Å²) in [5.41, 5.74) is 1.98. The molecule has 0 saturated carbocycles. The highest BCUT2D eigenvalue weighted by molar-refractivity contribution is 8.14. The third kappa shape index (κ3) is 4.67. The molecule has 1 unspecified atom stereocenters. The van der Waals surface area contributed by atoms with Crippen LogP contribution in [-0.4, -0.2) is 51.5 Å². The van der Waals surface area contributed by atoms with Crippen molar-refractivity contribution in [3.8, 4) is 0 Å². The number of piperidine rings is 1. The monoisotopic (exact) mass is 324 g/mol. The Bertz CT molecular complexity index is 570. The van der Waals surface area contributed by atoms with Crippen LogP contribution in [0, 0.1) is 0 Å². The lowest BCUT2D eigenvalue weighted by Crippen LogP contribution is -2.32. The molecule has 8 heteroatoms. The third-order valence-corrected chi connectivity index (χ3v) is 4.53. The van der Waals surface area contributed by atoms with Crippen molar-refractivity contribution in [2.45, 2.75) is 31.6 Å². The molecule has 1 aliphatic rings. The van der Waals surface area contributed by atoms with Gasteiger partial charge in [-0.25, -0.2) is 4.68 Å². The molecule has 120 valence electrons. The first kappa shape index (κ1) is 16.7. The van der Waals surface area contributed by atoms with E-state index in [-0.39, 0.29) is 22.8 Å². The van der Waals surface area contributed by atoms with E-state index in [1.165, 1.54) is 18.9 Å². The predicted molar refractivity (Wildman–Crippen MR) is 84.2 cm³/mol. The number of ether oxygens (including phenoxy) is 1. The van der Waals surface area contributed by atoms with Crippen LogP contribution < -0.4 is 5.32 Å². The Hall–Kier alpha value is -1.67. The topological polar surface area (TPSA) is 86.1 Å². The molecule has 1 aromatic rings. The zero-order chi connectivity index (χ0) is 15.9. The first-order chi connectivity index (χ1) is 10.6. The number of carbonyl (C=O) groups is 2. The number of methoxy groups -OCH3 is 1. The first-order valence-electron chi connectivity index (χ1n) is 7.14. The van der Waals surface area contributed by atoms with Crippen LogP contribution in [0.3, 0.4) is 0 Å². The van der Waals surface area contributed by atoms with Gasteiger partial charge in [-0.3, -0.25) is 9.59 Å². The van der Waals surface area contributed by atoms with E-state index in [9.17, 15) is 9.59 Å². The van der Waals surface area contributed by atoms with Gasteiger partial charge in [0.05, 0.1) is 32.0 Å². The molecule has 1 N–H and O–H groups in total. The van der Waals surface area contributed by atoms with Gasteiger partial charge in [0.25, 0.3) is 0 Å². The first-order valence-corrected chi connectivity index (χ1v) is 8.02. The average Bonchev–Trinajstić information content (AvgIpc) is 2.93. The fourth-order valence-corrected chi connectivity index (χ4v) is 3.22. The van der Waals surface area contributed by atoms with E-state index in [2.05, 4.69) is 20.4 Å². The number of hydrogen-bond donors (Lipinski definition) is 1. The van der Waals surface area contributed by atoms with E-state index in [0.29, 0.717) is 6.54 Å². The second-order valence-electron chi connectivity index (χ2n) is 4.99. The molecule has 7 nitrogen and oxygen atoms in total. The second kappa shape index (κ2) is 8.09. The fraction of sp³-hybridized carbons (Fsp3) is 0.571. The van der Waals surface area contributed by atoms with Gasteiger partial charge in [-0.2, -0.15) is 0 Å². The molecule has 0 aliphatic carbocycles. The van der Waals surface area contributed by atoms with Gasteiger partial charge in [0, 0.05) is 18.7 Å². The SMILES string of the molecule is COC(=O)CCn1nncc1C=C1CNCCC1SC(C)=O. The number of aryl methyl sites for hydroxylation is 1. The summed E-state index contributed by atoms with van der Waals surface area (Å²) in [6, 6.07) is 0. The normalized spacial score (nSPS) is 20.1. The largest absolute Gasteiger partial charge is 0.469 e. The van der Waals surface area contributed by atoms with E-state index in [0.717, 1.165) is 30.8 Å². The van der Waals surface area contributed by atoms with Crippen LogP contribution >= 0.6 is 11.8 Å². The van der Waals surface area contributed by atoms with Gasteiger partial charge in [-0.1, -0.05) is 17.0 Å². The van der Waals surface area contributed by atoms with E-state index >= 15 is 0 Å². The van der Waals surface area contributed by atoms with Crippen LogP contribution in [0.25, 0.3) is 6.08 Å². The quantitative estimate of drug-likeness (QED) is 0.804. The Morgan fingerprint density at radius 2 is 2.41 bits per heavy atom. The Balaban J connectivity index is 2.11. The van der Waals surface area contributed by atoms with Crippen molar-refractivity contribution >= 4 is 28.9 Å². The summed E-state index contributed by atoms with van der Waals surface area (Å²) in [5.74, 6) is -0.279. The van der Waals surface area contributed by atoms with Gasteiger partial charge in [0.1, 0.15) is 0 Å². The molecule has 1 saturated heterocycles. The van der Waals surface area contributed by atoms with Gasteiger partial charge in [0.15, 0.2) is 5.12 Å². The van der Waals surface area contributed by atoms with Crippen LogP contribution in [0.1, 0.15) is 25.5 Å². The van der Waals surface area contributed by atoms with Gasteiger partial charge in [0.2, 0.25) is 0 Å². The Morgan fingerprint density at radius 3 is 3.14 bits per heavy atom. The molecular formula is C14H20N4O3S. The third-order valence-electron chi connectivity index (χ3n) is 3.37.